The molecule has 1 fully saturated rings. The standard InChI is InChI=1S/C17H19ClN2O5S2/c1-25-16-4-2-3-5-17(16)27(23,24)20-12-10-19(11-13-20)26(21,22)15-8-6-14(18)7-9-15/h2-9H,10-13H2,1H3. The van der Waals surface area contributed by atoms with Crippen molar-refractivity contribution >= 4 is 31.6 Å². The number of hydrogen-bond donors (Lipinski definition) is 0. The predicted molar refractivity (Wildman–Crippen MR) is 102 cm³/mol. The molecule has 0 atom stereocenters. The van der Waals surface area contributed by atoms with Crippen molar-refractivity contribution in [2.24, 2.45) is 0 Å². The van der Waals surface area contributed by atoms with Crippen LogP contribution in [0.2, 0.25) is 5.02 Å². The van der Waals surface area contributed by atoms with Crippen LogP contribution in [0.1, 0.15) is 0 Å². The minimum atomic E-state index is -3.77. The lowest BCUT2D eigenvalue weighted by atomic mass is 10.3. The van der Waals surface area contributed by atoms with E-state index in [2.05, 4.69) is 0 Å². The molecular weight excluding hydrogens is 412 g/mol. The molecule has 7 nitrogen and oxygen atoms in total. The fraction of sp³-hybridized carbons (Fsp3) is 0.294. The van der Waals surface area contributed by atoms with Crippen molar-refractivity contribution in [3.63, 3.8) is 0 Å². The first-order chi connectivity index (χ1) is 12.8. The molecule has 0 saturated carbocycles. The van der Waals surface area contributed by atoms with Crippen LogP contribution in [0.3, 0.4) is 0 Å². The van der Waals surface area contributed by atoms with Gasteiger partial charge in [-0.25, -0.2) is 16.8 Å². The molecule has 2 aromatic rings. The van der Waals surface area contributed by atoms with Gasteiger partial charge in [-0.3, -0.25) is 0 Å². The lowest BCUT2D eigenvalue weighted by Gasteiger charge is -2.33. The van der Waals surface area contributed by atoms with Crippen molar-refractivity contribution in [1.82, 2.24) is 8.61 Å². The van der Waals surface area contributed by atoms with Gasteiger partial charge in [-0.2, -0.15) is 8.61 Å². The second kappa shape index (κ2) is 7.76. The van der Waals surface area contributed by atoms with Gasteiger partial charge in [-0.1, -0.05) is 23.7 Å². The van der Waals surface area contributed by atoms with Crippen molar-refractivity contribution in [3.8, 4) is 5.75 Å². The summed E-state index contributed by atoms with van der Waals surface area (Å²) in [6.45, 7) is 0.263. The predicted octanol–water partition coefficient (Wildman–Crippen LogP) is 2.04. The van der Waals surface area contributed by atoms with Crippen LogP contribution in [0, 0.1) is 0 Å². The van der Waals surface area contributed by atoms with Gasteiger partial charge in [0.1, 0.15) is 10.6 Å². The molecule has 1 heterocycles. The van der Waals surface area contributed by atoms with Crippen LogP contribution < -0.4 is 4.74 Å². The van der Waals surface area contributed by atoms with Crippen molar-refractivity contribution in [3.05, 3.63) is 53.6 Å². The zero-order valence-electron chi connectivity index (χ0n) is 14.6. The molecule has 2 aromatic carbocycles. The monoisotopic (exact) mass is 430 g/mol. The molecule has 1 aliphatic heterocycles. The highest BCUT2D eigenvalue weighted by molar-refractivity contribution is 7.89. The largest absolute Gasteiger partial charge is 0.495 e. The maximum Gasteiger partial charge on any atom is 0.246 e. The van der Waals surface area contributed by atoms with Gasteiger partial charge in [0.15, 0.2) is 0 Å². The summed E-state index contributed by atoms with van der Waals surface area (Å²) >= 11 is 5.81. The molecule has 0 radical (unpaired) electrons. The fourth-order valence-corrected chi connectivity index (χ4v) is 6.00. The number of ether oxygens (including phenoxy) is 1. The molecule has 0 aromatic heterocycles. The number of methoxy groups -OCH3 is 1. The molecule has 0 unspecified atom stereocenters. The molecule has 27 heavy (non-hydrogen) atoms. The number of benzene rings is 2. The number of rotatable bonds is 5. The second-order valence-corrected chi connectivity index (χ2v) is 10.2. The Kier molecular flexibility index (Phi) is 5.78. The minimum Gasteiger partial charge on any atom is -0.495 e. The molecule has 0 N–H and O–H groups in total. The minimum absolute atomic E-state index is 0.0627. The van der Waals surface area contributed by atoms with E-state index in [1.807, 2.05) is 0 Å². The SMILES string of the molecule is COc1ccccc1S(=O)(=O)N1CCN(S(=O)(=O)c2ccc(Cl)cc2)CC1. The zero-order valence-corrected chi connectivity index (χ0v) is 17.0. The van der Waals surface area contributed by atoms with E-state index in [9.17, 15) is 16.8 Å². The van der Waals surface area contributed by atoms with Gasteiger partial charge in [-0.05, 0) is 36.4 Å². The first-order valence-electron chi connectivity index (χ1n) is 8.16. The van der Waals surface area contributed by atoms with E-state index in [1.165, 1.54) is 46.1 Å². The Labute approximate surface area is 164 Å². The van der Waals surface area contributed by atoms with Gasteiger partial charge in [0.2, 0.25) is 20.0 Å². The number of para-hydroxylation sites is 1. The Hall–Kier alpha value is -1.65. The summed E-state index contributed by atoms with van der Waals surface area (Å²) in [6.07, 6.45) is 0. The Morgan fingerprint density at radius 1 is 0.815 bits per heavy atom. The van der Waals surface area contributed by atoms with Crippen molar-refractivity contribution < 1.29 is 21.6 Å². The Morgan fingerprint density at radius 2 is 1.33 bits per heavy atom. The topological polar surface area (TPSA) is 84.0 Å². The first kappa shape index (κ1) is 20.1. The Morgan fingerprint density at radius 3 is 1.89 bits per heavy atom. The van der Waals surface area contributed by atoms with E-state index in [1.54, 1.807) is 18.2 Å². The third kappa shape index (κ3) is 3.97. The van der Waals surface area contributed by atoms with Crippen LogP contribution in [-0.4, -0.2) is 58.7 Å². The van der Waals surface area contributed by atoms with E-state index >= 15 is 0 Å². The van der Waals surface area contributed by atoms with Crippen LogP contribution in [0.4, 0.5) is 0 Å². The third-order valence-corrected chi connectivity index (χ3v) is 8.44. The summed E-state index contributed by atoms with van der Waals surface area (Å²) in [5.74, 6) is 0.258. The van der Waals surface area contributed by atoms with E-state index < -0.39 is 20.0 Å². The van der Waals surface area contributed by atoms with Crippen molar-refractivity contribution in [1.29, 1.82) is 0 Å². The summed E-state index contributed by atoms with van der Waals surface area (Å²) in [4.78, 5) is 0.203. The normalized spacial score (nSPS) is 17.0. The van der Waals surface area contributed by atoms with Gasteiger partial charge in [-0.15, -0.1) is 0 Å². The molecule has 1 saturated heterocycles. The van der Waals surface area contributed by atoms with Crippen LogP contribution in [-0.2, 0) is 20.0 Å². The maximum atomic E-state index is 12.9. The summed E-state index contributed by atoms with van der Waals surface area (Å²) in [6, 6.07) is 12.3. The summed E-state index contributed by atoms with van der Waals surface area (Å²) < 4.78 is 58.9. The fourth-order valence-electron chi connectivity index (χ4n) is 2.88. The highest BCUT2D eigenvalue weighted by Gasteiger charge is 2.34. The molecule has 3 rings (SSSR count). The van der Waals surface area contributed by atoms with E-state index in [0.29, 0.717) is 5.02 Å². The Balaban J connectivity index is 1.78. The van der Waals surface area contributed by atoms with Crippen LogP contribution in [0.25, 0.3) is 0 Å². The molecular formula is C17H19ClN2O5S2. The zero-order chi connectivity index (χ0) is 19.7. The third-order valence-electron chi connectivity index (χ3n) is 4.34. The molecule has 10 heteroatoms. The molecule has 0 spiro atoms. The number of sulfonamides is 2. The van der Waals surface area contributed by atoms with Crippen molar-refractivity contribution in [2.45, 2.75) is 9.79 Å². The molecule has 0 bridgehead atoms. The number of nitrogens with zero attached hydrogens (tertiary/aromatic N) is 2. The summed E-state index contributed by atoms with van der Waals surface area (Å²) in [7, 11) is -6.06. The smallest absolute Gasteiger partial charge is 0.246 e. The lowest BCUT2D eigenvalue weighted by Crippen LogP contribution is -2.50. The van der Waals surface area contributed by atoms with Crippen LogP contribution in [0.5, 0.6) is 5.75 Å². The molecule has 0 amide bonds. The summed E-state index contributed by atoms with van der Waals surface area (Å²) in [5, 5.41) is 0.446. The van der Waals surface area contributed by atoms with Gasteiger partial charge in [0, 0.05) is 31.2 Å². The average Bonchev–Trinajstić information content (AvgIpc) is 2.68. The van der Waals surface area contributed by atoms with E-state index in [4.69, 9.17) is 16.3 Å². The number of hydrogen-bond acceptors (Lipinski definition) is 5. The lowest BCUT2D eigenvalue weighted by molar-refractivity contribution is 0.272. The van der Waals surface area contributed by atoms with Gasteiger partial charge in [0.25, 0.3) is 0 Å². The molecule has 146 valence electrons. The quantitative estimate of drug-likeness (QED) is 0.724. The number of piperazine rings is 1. The first-order valence-corrected chi connectivity index (χ1v) is 11.4. The highest BCUT2D eigenvalue weighted by atomic mass is 35.5. The Bertz CT molecular complexity index is 1020. The van der Waals surface area contributed by atoms with Crippen LogP contribution >= 0.6 is 11.6 Å². The van der Waals surface area contributed by atoms with Crippen LogP contribution in [0.15, 0.2) is 58.3 Å². The van der Waals surface area contributed by atoms with Gasteiger partial charge in [0.05, 0.1) is 12.0 Å². The van der Waals surface area contributed by atoms with E-state index in [-0.39, 0.29) is 41.7 Å². The summed E-state index contributed by atoms with van der Waals surface area (Å²) in [5.41, 5.74) is 0. The maximum absolute atomic E-state index is 12.9. The van der Waals surface area contributed by atoms with E-state index in [0.717, 1.165) is 0 Å². The van der Waals surface area contributed by atoms with Gasteiger partial charge >= 0.3 is 0 Å². The molecule has 1 aliphatic rings. The number of halogens is 1. The average molecular weight is 431 g/mol. The highest BCUT2D eigenvalue weighted by Crippen LogP contribution is 2.28. The second-order valence-electron chi connectivity index (χ2n) is 5.91. The van der Waals surface area contributed by atoms with Gasteiger partial charge < -0.3 is 4.74 Å². The van der Waals surface area contributed by atoms with Crippen molar-refractivity contribution in [2.75, 3.05) is 33.3 Å². The molecule has 0 aliphatic carbocycles.